The third kappa shape index (κ3) is 5.80. The highest BCUT2D eigenvalue weighted by molar-refractivity contribution is 7.98. The van der Waals surface area contributed by atoms with E-state index in [1.807, 2.05) is 24.5 Å². The Hall–Kier alpha value is -2.39. The summed E-state index contributed by atoms with van der Waals surface area (Å²) in [6, 6.07) is 6.29. The summed E-state index contributed by atoms with van der Waals surface area (Å²) in [7, 11) is 3.54. The summed E-state index contributed by atoms with van der Waals surface area (Å²) in [5.41, 5.74) is 6.93. The molecule has 1 aromatic carbocycles. The number of amides is 1. The topological polar surface area (TPSA) is 97.0 Å². The number of nitrogens with zero attached hydrogens (tertiary/aromatic N) is 4. The van der Waals surface area contributed by atoms with E-state index < -0.39 is 0 Å². The van der Waals surface area contributed by atoms with Gasteiger partial charge in [0.1, 0.15) is 0 Å². The molecule has 7 nitrogen and oxygen atoms in total. The number of thioether (sulfide) groups is 1. The van der Waals surface area contributed by atoms with Crippen molar-refractivity contribution in [3.8, 4) is 0 Å². The van der Waals surface area contributed by atoms with E-state index in [1.54, 1.807) is 54.5 Å². The molecule has 0 saturated heterocycles. The number of anilines is 2. The summed E-state index contributed by atoms with van der Waals surface area (Å²) < 4.78 is 1.07. The van der Waals surface area contributed by atoms with Crippen LogP contribution in [0.25, 0.3) is 10.2 Å². The molecular weight excluding hydrogens is 404 g/mol. The molecule has 3 N–H and O–H groups in total. The monoisotopic (exact) mass is 430 g/mol. The van der Waals surface area contributed by atoms with E-state index in [0.717, 1.165) is 25.8 Å². The van der Waals surface area contributed by atoms with Crippen molar-refractivity contribution >= 4 is 50.3 Å². The third-order valence-electron chi connectivity index (χ3n) is 4.61. The molecule has 9 heteroatoms. The number of rotatable bonds is 4. The largest absolute Gasteiger partial charge is 0.368 e. The number of carbonyl (C=O) groups is 1. The lowest BCUT2D eigenvalue weighted by Crippen LogP contribution is -2.21. The van der Waals surface area contributed by atoms with Gasteiger partial charge in [0.25, 0.3) is 5.91 Å². The fourth-order valence-corrected chi connectivity index (χ4v) is 4.35. The first kappa shape index (κ1) is 21.3. The zero-order valence-electron chi connectivity index (χ0n) is 16.9. The molecule has 1 aliphatic carbocycles. The van der Waals surface area contributed by atoms with Crippen LogP contribution >= 0.6 is 23.1 Å². The van der Waals surface area contributed by atoms with E-state index in [-0.39, 0.29) is 5.91 Å². The Bertz CT molecular complexity index is 951. The molecule has 1 fully saturated rings. The van der Waals surface area contributed by atoms with Gasteiger partial charge in [-0.15, -0.1) is 11.8 Å². The average Bonchev–Trinajstić information content (AvgIpc) is 3.37. The van der Waals surface area contributed by atoms with Gasteiger partial charge in [0, 0.05) is 43.0 Å². The fourth-order valence-electron chi connectivity index (χ4n) is 3.05. The molecule has 1 amide bonds. The van der Waals surface area contributed by atoms with Crippen molar-refractivity contribution in [2.45, 2.75) is 36.6 Å². The van der Waals surface area contributed by atoms with Crippen molar-refractivity contribution in [2.75, 3.05) is 31.4 Å². The second-order valence-electron chi connectivity index (χ2n) is 7.01. The lowest BCUT2D eigenvalue weighted by atomic mass is 10.2. The van der Waals surface area contributed by atoms with Crippen LogP contribution in [0, 0.1) is 0 Å². The number of fused-ring (bicyclic) bond motifs is 1. The molecular formula is C20H26N6OS2. The Morgan fingerprint density at radius 1 is 1.24 bits per heavy atom. The zero-order valence-corrected chi connectivity index (χ0v) is 18.5. The van der Waals surface area contributed by atoms with E-state index in [9.17, 15) is 4.79 Å². The number of benzene rings is 1. The molecule has 0 radical (unpaired) electrons. The molecule has 1 saturated carbocycles. The molecule has 0 bridgehead atoms. The van der Waals surface area contributed by atoms with Gasteiger partial charge in [0.05, 0.1) is 10.2 Å². The van der Waals surface area contributed by atoms with E-state index in [2.05, 4.69) is 20.3 Å². The van der Waals surface area contributed by atoms with E-state index in [1.165, 1.54) is 25.7 Å². The first-order chi connectivity index (χ1) is 14.0. The molecule has 0 aliphatic heterocycles. The number of hydrogen-bond acceptors (Lipinski definition) is 8. The summed E-state index contributed by atoms with van der Waals surface area (Å²) in [4.78, 5) is 26.8. The predicted molar refractivity (Wildman–Crippen MR) is 122 cm³/mol. The van der Waals surface area contributed by atoms with Crippen LogP contribution < -0.4 is 11.1 Å². The van der Waals surface area contributed by atoms with Crippen molar-refractivity contribution in [3.05, 3.63) is 36.2 Å². The van der Waals surface area contributed by atoms with Crippen LogP contribution in [-0.4, -0.2) is 52.2 Å². The van der Waals surface area contributed by atoms with E-state index in [4.69, 9.17) is 5.73 Å². The van der Waals surface area contributed by atoms with Crippen LogP contribution in [0.3, 0.4) is 0 Å². The van der Waals surface area contributed by atoms with Crippen molar-refractivity contribution in [1.82, 2.24) is 19.9 Å². The third-order valence-corrected chi connectivity index (χ3v) is 6.24. The number of aromatic nitrogens is 3. The maximum Gasteiger partial charge on any atom is 0.253 e. The van der Waals surface area contributed by atoms with Gasteiger partial charge in [0.2, 0.25) is 5.95 Å². The second-order valence-corrected chi connectivity index (χ2v) is 8.92. The van der Waals surface area contributed by atoms with Gasteiger partial charge in [0.15, 0.2) is 5.13 Å². The van der Waals surface area contributed by atoms with Gasteiger partial charge in [-0.3, -0.25) is 4.79 Å². The van der Waals surface area contributed by atoms with Crippen LogP contribution in [0.5, 0.6) is 0 Å². The smallest absolute Gasteiger partial charge is 0.253 e. The van der Waals surface area contributed by atoms with Gasteiger partial charge < -0.3 is 16.0 Å². The molecule has 29 heavy (non-hydrogen) atoms. The summed E-state index contributed by atoms with van der Waals surface area (Å²) >= 11 is 3.23. The highest BCUT2D eigenvalue weighted by atomic mass is 32.2. The quantitative estimate of drug-likeness (QED) is 0.601. The fraction of sp³-hybridized carbons (Fsp3) is 0.400. The van der Waals surface area contributed by atoms with Crippen LogP contribution in [0.1, 0.15) is 36.0 Å². The van der Waals surface area contributed by atoms with Crippen LogP contribution in [0.2, 0.25) is 0 Å². The number of carbonyl (C=O) groups excluding carboxylic acids is 1. The van der Waals surface area contributed by atoms with Crippen molar-refractivity contribution < 1.29 is 4.79 Å². The van der Waals surface area contributed by atoms with Gasteiger partial charge in [-0.2, -0.15) is 0 Å². The Balaban J connectivity index is 0.000000224. The maximum absolute atomic E-state index is 12.0. The second kappa shape index (κ2) is 9.89. The van der Waals surface area contributed by atoms with E-state index in [0.29, 0.717) is 12.0 Å². The van der Waals surface area contributed by atoms with Crippen LogP contribution in [0.4, 0.5) is 11.1 Å². The number of nitrogens with one attached hydrogen (secondary N) is 1. The number of nitrogens with two attached hydrogens (primary N) is 1. The van der Waals surface area contributed by atoms with Crippen LogP contribution in [0.15, 0.2) is 35.5 Å². The minimum atomic E-state index is 0.0330. The Morgan fingerprint density at radius 2 is 1.93 bits per heavy atom. The molecule has 154 valence electrons. The van der Waals surface area contributed by atoms with Crippen molar-refractivity contribution in [2.24, 2.45) is 0 Å². The lowest BCUT2D eigenvalue weighted by molar-refractivity contribution is 0.0828. The lowest BCUT2D eigenvalue weighted by Gasteiger charge is -2.09. The minimum Gasteiger partial charge on any atom is -0.368 e. The first-order valence-corrected chi connectivity index (χ1v) is 11.5. The Kier molecular flexibility index (Phi) is 7.27. The van der Waals surface area contributed by atoms with E-state index >= 15 is 0 Å². The number of thiazole rings is 1. The SMILES string of the molecule is CN(C)C(=O)c1ccc2nc(NC3CCCC3)sc2c1.CSc1cnc(N)nc1. The molecule has 3 aromatic rings. The normalized spacial score (nSPS) is 13.8. The maximum atomic E-state index is 12.0. The van der Waals surface area contributed by atoms with Crippen molar-refractivity contribution in [3.63, 3.8) is 0 Å². The van der Waals surface area contributed by atoms with Gasteiger partial charge in [-0.05, 0) is 37.3 Å². The number of hydrogen-bond donors (Lipinski definition) is 2. The molecule has 2 heterocycles. The first-order valence-electron chi connectivity index (χ1n) is 9.46. The highest BCUT2D eigenvalue weighted by Crippen LogP contribution is 2.30. The minimum absolute atomic E-state index is 0.0330. The summed E-state index contributed by atoms with van der Waals surface area (Å²) in [5, 5.41) is 4.49. The predicted octanol–water partition coefficient (Wildman–Crippen LogP) is 4.13. The summed E-state index contributed by atoms with van der Waals surface area (Å²) in [6.45, 7) is 0. The molecule has 4 rings (SSSR count). The molecule has 1 aliphatic rings. The van der Waals surface area contributed by atoms with Crippen LogP contribution in [-0.2, 0) is 0 Å². The Morgan fingerprint density at radius 3 is 2.55 bits per heavy atom. The van der Waals surface area contributed by atoms with Crippen molar-refractivity contribution in [1.29, 1.82) is 0 Å². The average molecular weight is 431 g/mol. The highest BCUT2D eigenvalue weighted by Gasteiger charge is 2.17. The summed E-state index contributed by atoms with van der Waals surface area (Å²) in [5.74, 6) is 0.360. The van der Waals surface area contributed by atoms with Gasteiger partial charge >= 0.3 is 0 Å². The van der Waals surface area contributed by atoms with Gasteiger partial charge in [-0.25, -0.2) is 15.0 Å². The standard InChI is InChI=1S/C15H19N3OS.C5H7N3S/c1-18(2)14(19)10-7-8-12-13(9-10)20-15(17-12)16-11-5-3-4-6-11;1-9-4-2-7-5(6)8-3-4/h7-9,11H,3-6H2,1-2H3,(H,16,17);2-3H,1H3,(H2,6,7,8). The molecule has 2 aromatic heterocycles. The molecule has 0 unspecified atom stereocenters. The number of nitrogen functional groups attached to an aromatic ring is 1. The Labute approximate surface area is 179 Å². The zero-order chi connectivity index (χ0) is 20.8. The molecule has 0 spiro atoms. The summed E-state index contributed by atoms with van der Waals surface area (Å²) in [6.07, 6.45) is 10.5. The van der Waals surface area contributed by atoms with Gasteiger partial charge in [-0.1, -0.05) is 24.2 Å². The molecule has 0 atom stereocenters.